The summed E-state index contributed by atoms with van der Waals surface area (Å²) >= 11 is 0. The molecule has 1 amide bonds. The van der Waals surface area contributed by atoms with Crippen molar-refractivity contribution in [3.63, 3.8) is 0 Å². The average Bonchev–Trinajstić information content (AvgIpc) is 2.89. The first-order valence-electron chi connectivity index (χ1n) is 4.70. The highest BCUT2D eigenvalue weighted by Gasteiger charge is 2.19. The summed E-state index contributed by atoms with van der Waals surface area (Å²) in [4.78, 5) is 11.1. The highest BCUT2D eigenvalue weighted by atomic mass is 16.1. The van der Waals surface area contributed by atoms with Crippen molar-refractivity contribution in [3.8, 4) is 6.07 Å². The van der Waals surface area contributed by atoms with Crippen LogP contribution in [0.25, 0.3) is 0 Å². The van der Waals surface area contributed by atoms with Gasteiger partial charge in [-0.2, -0.15) is 5.26 Å². The van der Waals surface area contributed by atoms with Crippen LogP contribution in [0.4, 0.5) is 0 Å². The fraction of sp³-hybridized carbons (Fsp3) is 0.778. The van der Waals surface area contributed by atoms with Gasteiger partial charge in [0, 0.05) is 25.6 Å². The molecule has 0 radical (unpaired) electrons. The second-order valence-electron chi connectivity index (χ2n) is 3.24. The molecule has 0 aliphatic heterocycles. The topological polar surface area (TPSA) is 64.9 Å². The van der Waals surface area contributed by atoms with Crippen LogP contribution in [0.15, 0.2) is 0 Å². The van der Waals surface area contributed by atoms with Crippen LogP contribution in [-0.2, 0) is 4.79 Å². The van der Waals surface area contributed by atoms with Crippen molar-refractivity contribution in [3.05, 3.63) is 0 Å². The van der Waals surface area contributed by atoms with Crippen molar-refractivity contribution in [1.82, 2.24) is 10.6 Å². The van der Waals surface area contributed by atoms with Gasteiger partial charge in [0.25, 0.3) is 0 Å². The molecular formula is C9H15N3O. The van der Waals surface area contributed by atoms with E-state index in [1.54, 1.807) is 0 Å². The predicted octanol–water partition coefficient (Wildman–Crippen LogP) is 0.158. The molecule has 13 heavy (non-hydrogen) atoms. The van der Waals surface area contributed by atoms with Crippen LogP contribution in [0, 0.1) is 11.3 Å². The van der Waals surface area contributed by atoms with Crippen LogP contribution in [-0.4, -0.2) is 25.0 Å². The number of rotatable bonds is 6. The van der Waals surface area contributed by atoms with Gasteiger partial charge in [-0.1, -0.05) is 0 Å². The number of hydrogen-bond acceptors (Lipinski definition) is 3. The molecule has 4 heteroatoms. The highest BCUT2D eigenvalue weighted by Crippen LogP contribution is 2.18. The predicted molar refractivity (Wildman–Crippen MR) is 48.9 cm³/mol. The molecule has 1 rings (SSSR count). The zero-order chi connectivity index (χ0) is 9.52. The molecule has 0 aromatic carbocycles. The lowest BCUT2D eigenvalue weighted by Gasteiger charge is -2.03. The number of carbonyl (C=O) groups excluding carboxylic acids is 1. The third-order valence-electron chi connectivity index (χ3n) is 1.92. The van der Waals surface area contributed by atoms with Gasteiger partial charge in [-0.15, -0.1) is 0 Å². The molecule has 0 spiro atoms. The van der Waals surface area contributed by atoms with Crippen molar-refractivity contribution in [2.45, 2.75) is 31.7 Å². The van der Waals surface area contributed by atoms with Gasteiger partial charge in [0.15, 0.2) is 0 Å². The Balaban J connectivity index is 1.88. The Bertz CT molecular complexity index is 205. The summed E-state index contributed by atoms with van der Waals surface area (Å²) < 4.78 is 0. The molecule has 72 valence electrons. The number of carbonyl (C=O) groups is 1. The van der Waals surface area contributed by atoms with E-state index >= 15 is 0 Å². The monoisotopic (exact) mass is 181 g/mol. The first kappa shape index (κ1) is 10.0. The molecule has 0 atom stereocenters. The summed E-state index contributed by atoms with van der Waals surface area (Å²) in [5, 5.41) is 14.2. The van der Waals surface area contributed by atoms with E-state index in [1.165, 1.54) is 12.8 Å². The Hall–Kier alpha value is -1.08. The maximum atomic E-state index is 11.1. The molecule has 0 heterocycles. The second-order valence-corrected chi connectivity index (χ2v) is 3.24. The van der Waals surface area contributed by atoms with Crippen molar-refractivity contribution >= 4 is 5.91 Å². The summed E-state index contributed by atoms with van der Waals surface area (Å²) in [5.74, 6) is 0.0309. The van der Waals surface area contributed by atoms with Crippen LogP contribution in [0.5, 0.6) is 0 Å². The SMILES string of the molecule is N#CCCNC(=O)CCNC1CC1. The zero-order valence-electron chi connectivity index (χ0n) is 7.68. The molecule has 1 aliphatic carbocycles. The average molecular weight is 181 g/mol. The molecule has 1 aliphatic rings. The summed E-state index contributed by atoms with van der Waals surface area (Å²) in [7, 11) is 0. The Morgan fingerprint density at radius 2 is 2.23 bits per heavy atom. The van der Waals surface area contributed by atoms with Crippen molar-refractivity contribution in [2.24, 2.45) is 0 Å². The van der Waals surface area contributed by atoms with Gasteiger partial charge in [-0.25, -0.2) is 0 Å². The summed E-state index contributed by atoms with van der Waals surface area (Å²) in [5.41, 5.74) is 0. The molecule has 0 aromatic rings. The quantitative estimate of drug-likeness (QED) is 0.574. The van der Waals surface area contributed by atoms with E-state index < -0.39 is 0 Å². The van der Waals surface area contributed by atoms with Gasteiger partial charge in [-0.3, -0.25) is 4.79 Å². The minimum atomic E-state index is 0.0309. The Labute approximate surface area is 78.3 Å². The fourth-order valence-corrected chi connectivity index (χ4v) is 1.02. The van der Waals surface area contributed by atoms with E-state index in [0.717, 1.165) is 6.54 Å². The van der Waals surface area contributed by atoms with Crippen molar-refractivity contribution in [1.29, 1.82) is 5.26 Å². The lowest BCUT2D eigenvalue weighted by Crippen LogP contribution is -2.28. The van der Waals surface area contributed by atoms with Crippen LogP contribution >= 0.6 is 0 Å². The van der Waals surface area contributed by atoms with E-state index in [2.05, 4.69) is 10.6 Å². The molecule has 0 saturated heterocycles. The van der Waals surface area contributed by atoms with E-state index in [-0.39, 0.29) is 5.91 Å². The molecular weight excluding hydrogens is 166 g/mol. The van der Waals surface area contributed by atoms with Gasteiger partial charge < -0.3 is 10.6 Å². The standard InChI is InChI=1S/C9H15N3O/c10-5-1-6-12-9(13)4-7-11-8-2-3-8/h8,11H,1-4,6-7H2,(H,12,13). The second kappa shape index (κ2) is 5.55. The smallest absolute Gasteiger partial charge is 0.221 e. The molecule has 1 fully saturated rings. The van der Waals surface area contributed by atoms with Gasteiger partial charge in [0.05, 0.1) is 12.5 Å². The van der Waals surface area contributed by atoms with E-state index in [4.69, 9.17) is 5.26 Å². The fourth-order valence-electron chi connectivity index (χ4n) is 1.02. The van der Waals surface area contributed by atoms with Crippen LogP contribution in [0.2, 0.25) is 0 Å². The molecule has 0 aromatic heterocycles. The van der Waals surface area contributed by atoms with E-state index in [0.29, 0.717) is 25.4 Å². The van der Waals surface area contributed by atoms with Gasteiger partial charge in [0.2, 0.25) is 5.91 Å². The lowest BCUT2D eigenvalue weighted by molar-refractivity contribution is -0.120. The third-order valence-corrected chi connectivity index (χ3v) is 1.92. The van der Waals surface area contributed by atoms with Crippen molar-refractivity contribution < 1.29 is 4.79 Å². The minimum absolute atomic E-state index is 0.0309. The van der Waals surface area contributed by atoms with Gasteiger partial charge in [-0.05, 0) is 12.8 Å². The molecule has 2 N–H and O–H groups in total. The Morgan fingerprint density at radius 1 is 1.46 bits per heavy atom. The molecule has 1 saturated carbocycles. The maximum Gasteiger partial charge on any atom is 0.221 e. The number of nitriles is 1. The maximum absolute atomic E-state index is 11.1. The number of nitrogens with zero attached hydrogens (tertiary/aromatic N) is 1. The van der Waals surface area contributed by atoms with Gasteiger partial charge >= 0.3 is 0 Å². The third kappa shape index (κ3) is 5.21. The number of hydrogen-bond donors (Lipinski definition) is 2. The Kier molecular flexibility index (Phi) is 4.27. The van der Waals surface area contributed by atoms with Crippen LogP contribution in [0.1, 0.15) is 25.7 Å². The van der Waals surface area contributed by atoms with Gasteiger partial charge in [0.1, 0.15) is 0 Å². The minimum Gasteiger partial charge on any atom is -0.355 e. The summed E-state index contributed by atoms with van der Waals surface area (Å²) in [6.07, 6.45) is 3.40. The van der Waals surface area contributed by atoms with E-state index in [1.807, 2.05) is 6.07 Å². The summed E-state index contributed by atoms with van der Waals surface area (Å²) in [6.45, 7) is 1.22. The normalized spacial score (nSPS) is 15.0. The van der Waals surface area contributed by atoms with Crippen molar-refractivity contribution in [2.75, 3.05) is 13.1 Å². The van der Waals surface area contributed by atoms with Crippen LogP contribution < -0.4 is 10.6 Å². The summed E-state index contributed by atoms with van der Waals surface area (Å²) in [6, 6.07) is 2.64. The first-order chi connectivity index (χ1) is 6.33. The number of amides is 1. The first-order valence-corrected chi connectivity index (χ1v) is 4.70. The number of nitrogens with one attached hydrogen (secondary N) is 2. The molecule has 4 nitrogen and oxygen atoms in total. The molecule has 0 bridgehead atoms. The molecule has 0 unspecified atom stereocenters. The van der Waals surface area contributed by atoms with E-state index in [9.17, 15) is 4.79 Å². The zero-order valence-corrected chi connectivity index (χ0v) is 7.68. The largest absolute Gasteiger partial charge is 0.355 e. The lowest BCUT2D eigenvalue weighted by atomic mass is 10.3. The van der Waals surface area contributed by atoms with Crippen LogP contribution in [0.3, 0.4) is 0 Å². The Morgan fingerprint density at radius 3 is 2.85 bits per heavy atom. The highest BCUT2D eigenvalue weighted by molar-refractivity contribution is 5.76.